The number of amides is 1. The molecular formula is C18H16BrN3O. The molecule has 1 heterocycles. The lowest BCUT2D eigenvalue weighted by Gasteiger charge is -2.18. The van der Waals surface area contributed by atoms with Gasteiger partial charge in [-0.25, -0.2) is 4.98 Å². The quantitative estimate of drug-likeness (QED) is 0.716. The zero-order valence-corrected chi connectivity index (χ0v) is 14.0. The van der Waals surface area contributed by atoms with Crippen LogP contribution in [0.3, 0.4) is 0 Å². The van der Waals surface area contributed by atoms with Crippen LogP contribution in [0.1, 0.15) is 27.8 Å². The molecule has 1 unspecified atom stereocenters. The van der Waals surface area contributed by atoms with Crippen LogP contribution < -0.4 is 5.32 Å². The predicted molar refractivity (Wildman–Crippen MR) is 93.1 cm³/mol. The number of nitrogens with one attached hydrogen (secondary N) is 2. The van der Waals surface area contributed by atoms with E-state index in [9.17, 15) is 4.79 Å². The Balaban J connectivity index is 1.80. The third-order valence-corrected chi connectivity index (χ3v) is 4.09. The molecule has 1 aromatic heterocycles. The highest BCUT2D eigenvalue weighted by atomic mass is 79.9. The molecule has 3 rings (SSSR count). The second-order valence-electron chi connectivity index (χ2n) is 5.18. The number of aromatic amines is 1. The minimum absolute atomic E-state index is 0.0992. The average Bonchev–Trinajstić information content (AvgIpc) is 3.09. The first-order chi connectivity index (χ1) is 11.2. The van der Waals surface area contributed by atoms with Gasteiger partial charge in [-0.3, -0.25) is 4.79 Å². The molecule has 23 heavy (non-hydrogen) atoms. The van der Waals surface area contributed by atoms with E-state index >= 15 is 0 Å². The van der Waals surface area contributed by atoms with Gasteiger partial charge in [0.1, 0.15) is 5.82 Å². The molecule has 0 saturated carbocycles. The van der Waals surface area contributed by atoms with E-state index in [-0.39, 0.29) is 11.9 Å². The summed E-state index contributed by atoms with van der Waals surface area (Å²) >= 11 is 3.38. The zero-order valence-electron chi connectivity index (χ0n) is 12.4. The number of carbonyl (C=O) groups excluding carboxylic acids is 1. The lowest BCUT2D eigenvalue weighted by atomic mass is 10.0. The topological polar surface area (TPSA) is 57.8 Å². The number of imidazole rings is 1. The number of hydrogen-bond donors (Lipinski definition) is 2. The SMILES string of the molecule is O=C(NC(Cc1ncc[nH]1)c1ccccc1)c1ccc(Br)cc1. The van der Waals surface area contributed by atoms with Crippen LogP contribution >= 0.6 is 15.9 Å². The summed E-state index contributed by atoms with van der Waals surface area (Å²) in [4.78, 5) is 19.9. The Hall–Kier alpha value is -2.40. The standard InChI is InChI=1S/C18H16BrN3O/c19-15-8-6-14(7-9-15)18(23)22-16(12-17-20-10-11-21-17)13-4-2-1-3-5-13/h1-11,16H,12H2,(H,20,21)(H,22,23). The van der Waals surface area contributed by atoms with E-state index in [4.69, 9.17) is 0 Å². The monoisotopic (exact) mass is 369 g/mol. The molecule has 2 N–H and O–H groups in total. The van der Waals surface area contributed by atoms with Gasteiger partial charge in [0.25, 0.3) is 5.91 Å². The van der Waals surface area contributed by atoms with Crippen molar-refractivity contribution in [2.24, 2.45) is 0 Å². The maximum Gasteiger partial charge on any atom is 0.251 e. The van der Waals surface area contributed by atoms with Gasteiger partial charge < -0.3 is 10.3 Å². The summed E-state index contributed by atoms with van der Waals surface area (Å²) in [5.74, 6) is 0.743. The fraction of sp³-hybridized carbons (Fsp3) is 0.111. The molecule has 0 aliphatic heterocycles. The number of benzene rings is 2. The highest BCUT2D eigenvalue weighted by Crippen LogP contribution is 2.18. The smallest absolute Gasteiger partial charge is 0.251 e. The normalized spacial score (nSPS) is 11.9. The van der Waals surface area contributed by atoms with E-state index in [2.05, 4.69) is 31.2 Å². The van der Waals surface area contributed by atoms with Gasteiger partial charge in [-0.05, 0) is 29.8 Å². The van der Waals surface area contributed by atoms with Gasteiger partial charge in [-0.2, -0.15) is 0 Å². The first kappa shape index (κ1) is 15.5. The number of carbonyl (C=O) groups is 1. The molecule has 0 fully saturated rings. The van der Waals surface area contributed by atoms with Crippen molar-refractivity contribution in [3.8, 4) is 0 Å². The van der Waals surface area contributed by atoms with Crippen LogP contribution in [0.25, 0.3) is 0 Å². The van der Waals surface area contributed by atoms with Crippen molar-refractivity contribution < 1.29 is 4.79 Å². The van der Waals surface area contributed by atoms with Gasteiger partial charge in [-0.1, -0.05) is 46.3 Å². The molecule has 0 aliphatic carbocycles. The summed E-state index contributed by atoms with van der Waals surface area (Å²) in [7, 11) is 0. The largest absolute Gasteiger partial charge is 0.349 e. The molecule has 5 heteroatoms. The van der Waals surface area contributed by atoms with Crippen molar-refractivity contribution in [3.63, 3.8) is 0 Å². The minimum Gasteiger partial charge on any atom is -0.349 e. The summed E-state index contributed by atoms with van der Waals surface area (Å²) < 4.78 is 0.948. The predicted octanol–water partition coefficient (Wildman–Crippen LogP) is 3.89. The van der Waals surface area contributed by atoms with Crippen LogP contribution in [0.5, 0.6) is 0 Å². The number of rotatable bonds is 5. The minimum atomic E-state index is -0.140. The van der Waals surface area contributed by atoms with Crippen LogP contribution in [0, 0.1) is 0 Å². The van der Waals surface area contributed by atoms with Crippen LogP contribution in [-0.4, -0.2) is 15.9 Å². The van der Waals surface area contributed by atoms with Crippen molar-refractivity contribution >= 4 is 21.8 Å². The van der Waals surface area contributed by atoms with Crippen molar-refractivity contribution in [2.75, 3.05) is 0 Å². The number of halogens is 1. The Morgan fingerprint density at radius 3 is 2.52 bits per heavy atom. The summed E-state index contributed by atoms with van der Waals surface area (Å²) in [6.45, 7) is 0. The summed E-state index contributed by atoms with van der Waals surface area (Å²) in [6, 6.07) is 17.1. The van der Waals surface area contributed by atoms with E-state index in [1.807, 2.05) is 42.5 Å². The average molecular weight is 370 g/mol. The van der Waals surface area contributed by atoms with E-state index < -0.39 is 0 Å². The lowest BCUT2D eigenvalue weighted by molar-refractivity contribution is 0.0936. The van der Waals surface area contributed by atoms with Crippen molar-refractivity contribution in [3.05, 3.63) is 88.4 Å². The highest BCUT2D eigenvalue weighted by Gasteiger charge is 2.17. The zero-order chi connectivity index (χ0) is 16.1. The molecular weight excluding hydrogens is 354 g/mol. The third-order valence-electron chi connectivity index (χ3n) is 3.57. The Bertz CT molecular complexity index is 755. The Labute approximate surface area is 143 Å². The fourth-order valence-corrected chi connectivity index (χ4v) is 2.65. The van der Waals surface area contributed by atoms with E-state index in [0.29, 0.717) is 12.0 Å². The van der Waals surface area contributed by atoms with Crippen molar-refractivity contribution in [1.29, 1.82) is 0 Å². The molecule has 116 valence electrons. The van der Waals surface area contributed by atoms with Gasteiger partial charge in [0.05, 0.1) is 6.04 Å². The first-order valence-electron chi connectivity index (χ1n) is 7.32. The second kappa shape index (κ2) is 7.24. The molecule has 0 bridgehead atoms. The first-order valence-corrected chi connectivity index (χ1v) is 8.11. The molecule has 4 nitrogen and oxygen atoms in total. The second-order valence-corrected chi connectivity index (χ2v) is 6.10. The van der Waals surface area contributed by atoms with Gasteiger partial charge in [0.2, 0.25) is 0 Å². The number of aromatic nitrogens is 2. The van der Waals surface area contributed by atoms with Crippen LogP contribution in [0.4, 0.5) is 0 Å². The molecule has 0 radical (unpaired) electrons. The van der Waals surface area contributed by atoms with Crippen LogP contribution in [0.15, 0.2) is 71.5 Å². The lowest BCUT2D eigenvalue weighted by Crippen LogP contribution is -2.30. The molecule has 2 aromatic carbocycles. The maximum atomic E-state index is 12.5. The van der Waals surface area contributed by atoms with E-state index in [0.717, 1.165) is 15.9 Å². The van der Waals surface area contributed by atoms with Gasteiger partial charge in [0, 0.05) is 28.9 Å². The van der Waals surface area contributed by atoms with Gasteiger partial charge >= 0.3 is 0 Å². The van der Waals surface area contributed by atoms with E-state index in [1.54, 1.807) is 24.5 Å². The molecule has 1 amide bonds. The Morgan fingerprint density at radius 2 is 1.87 bits per heavy atom. The molecule has 0 spiro atoms. The molecule has 0 aliphatic rings. The van der Waals surface area contributed by atoms with Crippen molar-refractivity contribution in [1.82, 2.24) is 15.3 Å². The van der Waals surface area contributed by atoms with Gasteiger partial charge in [0.15, 0.2) is 0 Å². The number of hydrogen-bond acceptors (Lipinski definition) is 2. The number of H-pyrrole nitrogens is 1. The highest BCUT2D eigenvalue weighted by molar-refractivity contribution is 9.10. The molecule has 3 aromatic rings. The van der Waals surface area contributed by atoms with Crippen LogP contribution in [0.2, 0.25) is 0 Å². The summed E-state index contributed by atoms with van der Waals surface area (Å²) in [6.07, 6.45) is 4.11. The van der Waals surface area contributed by atoms with Crippen LogP contribution in [-0.2, 0) is 6.42 Å². The Morgan fingerprint density at radius 1 is 1.13 bits per heavy atom. The number of nitrogens with zero attached hydrogens (tertiary/aromatic N) is 1. The molecule has 0 saturated heterocycles. The van der Waals surface area contributed by atoms with Gasteiger partial charge in [-0.15, -0.1) is 0 Å². The molecule has 1 atom stereocenters. The fourth-order valence-electron chi connectivity index (χ4n) is 2.38. The van der Waals surface area contributed by atoms with Crippen molar-refractivity contribution in [2.45, 2.75) is 12.5 Å². The third kappa shape index (κ3) is 4.07. The summed E-state index contributed by atoms with van der Waals surface area (Å²) in [5, 5.41) is 3.09. The van der Waals surface area contributed by atoms with E-state index in [1.165, 1.54) is 0 Å². The maximum absolute atomic E-state index is 12.5. The summed E-state index contributed by atoms with van der Waals surface area (Å²) in [5.41, 5.74) is 1.68. The Kier molecular flexibility index (Phi) is 4.88.